The third kappa shape index (κ3) is 4.51. The van der Waals surface area contributed by atoms with Crippen LogP contribution in [0.25, 0.3) is 0 Å². The van der Waals surface area contributed by atoms with Gasteiger partial charge in [0.05, 0.1) is 17.9 Å². The molecule has 1 aromatic rings. The quantitative estimate of drug-likeness (QED) is 0.755. The van der Waals surface area contributed by atoms with Crippen LogP contribution < -0.4 is 15.4 Å². The van der Waals surface area contributed by atoms with Crippen LogP contribution in [0.2, 0.25) is 5.02 Å². The standard InChI is InChI=1S/C15H21ClN2O3/c1-2-8-21-13-5-4-11(16)9-12(13)18-14(19)17-10-15(20)6-3-7-15/h4-5,9,20H,2-3,6-8,10H2,1H3,(H2,17,18,19). The van der Waals surface area contributed by atoms with Crippen molar-refractivity contribution < 1.29 is 14.6 Å². The van der Waals surface area contributed by atoms with Crippen molar-refractivity contribution in [3.63, 3.8) is 0 Å². The number of hydrogen-bond donors (Lipinski definition) is 3. The first-order valence-electron chi connectivity index (χ1n) is 7.22. The molecule has 2 rings (SSSR count). The number of nitrogens with one attached hydrogen (secondary N) is 2. The molecule has 0 unspecified atom stereocenters. The minimum atomic E-state index is -0.743. The van der Waals surface area contributed by atoms with Crippen LogP contribution in [0.4, 0.5) is 10.5 Å². The molecule has 1 aromatic carbocycles. The predicted octanol–water partition coefficient (Wildman–Crippen LogP) is 3.17. The lowest BCUT2D eigenvalue weighted by Crippen LogP contribution is -2.48. The SMILES string of the molecule is CCCOc1ccc(Cl)cc1NC(=O)NCC1(O)CCC1. The lowest BCUT2D eigenvalue weighted by molar-refractivity contribution is -0.0287. The monoisotopic (exact) mass is 312 g/mol. The van der Waals surface area contributed by atoms with Gasteiger partial charge in [0.2, 0.25) is 0 Å². The molecule has 3 N–H and O–H groups in total. The number of aliphatic hydroxyl groups is 1. The number of amides is 2. The highest BCUT2D eigenvalue weighted by molar-refractivity contribution is 6.31. The van der Waals surface area contributed by atoms with E-state index in [0.29, 0.717) is 23.1 Å². The summed E-state index contributed by atoms with van der Waals surface area (Å²) < 4.78 is 5.57. The van der Waals surface area contributed by atoms with Gasteiger partial charge in [0.1, 0.15) is 5.75 Å². The number of carbonyl (C=O) groups excluding carboxylic acids is 1. The summed E-state index contributed by atoms with van der Waals surface area (Å²) in [5.74, 6) is 0.582. The summed E-state index contributed by atoms with van der Waals surface area (Å²) in [4.78, 5) is 11.9. The lowest BCUT2D eigenvalue weighted by atomic mass is 9.80. The number of anilines is 1. The van der Waals surface area contributed by atoms with Crippen LogP contribution in [0.15, 0.2) is 18.2 Å². The molecule has 1 aliphatic rings. The highest BCUT2D eigenvalue weighted by atomic mass is 35.5. The zero-order valence-electron chi connectivity index (χ0n) is 12.1. The van der Waals surface area contributed by atoms with Crippen molar-refractivity contribution >= 4 is 23.3 Å². The van der Waals surface area contributed by atoms with Crippen molar-refractivity contribution in [2.24, 2.45) is 0 Å². The van der Waals surface area contributed by atoms with Gasteiger partial charge in [-0.05, 0) is 43.9 Å². The molecule has 0 bridgehead atoms. The van der Waals surface area contributed by atoms with Gasteiger partial charge in [0, 0.05) is 11.6 Å². The number of halogens is 1. The molecular weight excluding hydrogens is 292 g/mol. The number of carbonyl (C=O) groups is 1. The Morgan fingerprint density at radius 3 is 2.86 bits per heavy atom. The molecule has 1 saturated carbocycles. The maximum atomic E-state index is 11.9. The fraction of sp³-hybridized carbons (Fsp3) is 0.533. The van der Waals surface area contributed by atoms with Crippen LogP contribution in [0, 0.1) is 0 Å². The van der Waals surface area contributed by atoms with Gasteiger partial charge < -0.3 is 20.5 Å². The average molecular weight is 313 g/mol. The number of ether oxygens (including phenoxy) is 1. The molecule has 0 spiro atoms. The van der Waals surface area contributed by atoms with Crippen molar-refractivity contribution in [2.75, 3.05) is 18.5 Å². The third-order valence-corrected chi connectivity index (χ3v) is 3.75. The Bertz CT molecular complexity index is 504. The summed E-state index contributed by atoms with van der Waals surface area (Å²) in [7, 11) is 0. The Morgan fingerprint density at radius 1 is 1.48 bits per heavy atom. The summed E-state index contributed by atoms with van der Waals surface area (Å²) in [6, 6.07) is 4.71. The fourth-order valence-electron chi connectivity index (χ4n) is 2.11. The Balaban J connectivity index is 1.93. The van der Waals surface area contributed by atoms with E-state index in [0.717, 1.165) is 25.7 Å². The maximum absolute atomic E-state index is 11.9. The van der Waals surface area contributed by atoms with E-state index >= 15 is 0 Å². The average Bonchev–Trinajstić information content (AvgIpc) is 2.42. The van der Waals surface area contributed by atoms with Crippen LogP contribution >= 0.6 is 11.6 Å². The van der Waals surface area contributed by atoms with E-state index in [1.54, 1.807) is 18.2 Å². The van der Waals surface area contributed by atoms with Gasteiger partial charge >= 0.3 is 6.03 Å². The first-order chi connectivity index (χ1) is 10.0. The van der Waals surface area contributed by atoms with E-state index in [-0.39, 0.29) is 12.6 Å². The molecule has 0 heterocycles. The van der Waals surface area contributed by atoms with Crippen LogP contribution in [-0.4, -0.2) is 29.9 Å². The number of hydrogen-bond acceptors (Lipinski definition) is 3. The minimum Gasteiger partial charge on any atom is -0.491 e. The molecule has 1 aliphatic carbocycles. The molecule has 6 heteroatoms. The van der Waals surface area contributed by atoms with Gasteiger partial charge in [0.25, 0.3) is 0 Å². The first-order valence-corrected chi connectivity index (χ1v) is 7.60. The summed E-state index contributed by atoms with van der Waals surface area (Å²) >= 11 is 5.95. The summed E-state index contributed by atoms with van der Waals surface area (Å²) in [6.07, 6.45) is 3.34. The van der Waals surface area contributed by atoms with Crippen molar-refractivity contribution in [3.05, 3.63) is 23.2 Å². The van der Waals surface area contributed by atoms with Crippen molar-refractivity contribution in [1.29, 1.82) is 0 Å². The van der Waals surface area contributed by atoms with E-state index < -0.39 is 5.60 Å². The third-order valence-electron chi connectivity index (χ3n) is 3.51. The van der Waals surface area contributed by atoms with E-state index in [9.17, 15) is 9.90 Å². The highest BCUT2D eigenvalue weighted by Gasteiger charge is 2.34. The number of rotatable bonds is 6. The molecule has 0 radical (unpaired) electrons. The van der Waals surface area contributed by atoms with Crippen molar-refractivity contribution in [3.8, 4) is 5.75 Å². The molecule has 1 fully saturated rings. The number of benzene rings is 1. The Kier molecular flexibility index (Phi) is 5.31. The minimum absolute atomic E-state index is 0.255. The second-order valence-electron chi connectivity index (χ2n) is 5.37. The van der Waals surface area contributed by atoms with E-state index in [1.165, 1.54) is 0 Å². The first kappa shape index (κ1) is 15.9. The predicted molar refractivity (Wildman–Crippen MR) is 83.1 cm³/mol. The van der Waals surface area contributed by atoms with Gasteiger partial charge in [-0.15, -0.1) is 0 Å². The summed E-state index contributed by atoms with van der Waals surface area (Å²) in [5, 5.41) is 15.9. The summed E-state index contributed by atoms with van der Waals surface area (Å²) in [5.41, 5.74) is -0.221. The molecule has 0 aliphatic heterocycles. The smallest absolute Gasteiger partial charge is 0.319 e. The molecule has 0 saturated heterocycles. The van der Waals surface area contributed by atoms with Gasteiger partial charge in [-0.2, -0.15) is 0 Å². The largest absolute Gasteiger partial charge is 0.491 e. The topological polar surface area (TPSA) is 70.6 Å². The zero-order valence-corrected chi connectivity index (χ0v) is 12.9. The normalized spacial score (nSPS) is 16.0. The second kappa shape index (κ2) is 7.00. The zero-order chi connectivity index (χ0) is 15.3. The fourth-order valence-corrected chi connectivity index (χ4v) is 2.28. The van der Waals surface area contributed by atoms with Crippen molar-refractivity contribution in [1.82, 2.24) is 5.32 Å². The Labute approximate surface area is 129 Å². The van der Waals surface area contributed by atoms with Gasteiger partial charge in [-0.1, -0.05) is 18.5 Å². The van der Waals surface area contributed by atoms with Gasteiger partial charge in [-0.25, -0.2) is 4.79 Å². The molecule has 5 nitrogen and oxygen atoms in total. The second-order valence-corrected chi connectivity index (χ2v) is 5.81. The van der Waals surface area contributed by atoms with Crippen LogP contribution in [0.3, 0.4) is 0 Å². The van der Waals surface area contributed by atoms with Crippen molar-refractivity contribution in [2.45, 2.75) is 38.2 Å². The molecule has 116 valence electrons. The highest BCUT2D eigenvalue weighted by Crippen LogP contribution is 2.31. The van der Waals surface area contributed by atoms with E-state index in [1.807, 2.05) is 6.92 Å². The number of urea groups is 1. The molecule has 0 aromatic heterocycles. The molecular formula is C15H21ClN2O3. The van der Waals surface area contributed by atoms with Crippen LogP contribution in [-0.2, 0) is 0 Å². The Hall–Kier alpha value is -1.46. The summed E-state index contributed by atoms with van der Waals surface area (Å²) in [6.45, 7) is 2.83. The van der Waals surface area contributed by atoms with Gasteiger partial charge in [-0.3, -0.25) is 0 Å². The Morgan fingerprint density at radius 2 is 2.24 bits per heavy atom. The molecule has 0 atom stereocenters. The maximum Gasteiger partial charge on any atom is 0.319 e. The molecule has 2 amide bonds. The van der Waals surface area contributed by atoms with Gasteiger partial charge in [0.15, 0.2) is 0 Å². The lowest BCUT2D eigenvalue weighted by Gasteiger charge is -2.36. The van der Waals surface area contributed by atoms with Crippen LogP contribution in [0.1, 0.15) is 32.6 Å². The van der Waals surface area contributed by atoms with E-state index in [4.69, 9.17) is 16.3 Å². The van der Waals surface area contributed by atoms with E-state index in [2.05, 4.69) is 10.6 Å². The van der Waals surface area contributed by atoms with Crippen LogP contribution in [0.5, 0.6) is 5.75 Å². The molecule has 21 heavy (non-hydrogen) atoms.